The molecule has 1 heterocycles. The Morgan fingerprint density at radius 1 is 1.46 bits per heavy atom. The van der Waals surface area contributed by atoms with Crippen LogP contribution in [0.5, 0.6) is 0 Å². The minimum absolute atomic E-state index is 0.0153. The lowest BCUT2D eigenvalue weighted by Gasteiger charge is -2.04. The zero-order valence-electron chi connectivity index (χ0n) is 7.75. The van der Waals surface area contributed by atoms with Crippen LogP contribution in [-0.4, -0.2) is 22.6 Å². The second-order valence-corrected chi connectivity index (χ2v) is 6.07. The van der Waals surface area contributed by atoms with Gasteiger partial charge in [-0.3, -0.25) is 9.59 Å². The first-order valence-electron chi connectivity index (χ1n) is 4.48. The van der Waals surface area contributed by atoms with E-state index in [-0.39, 0.29) is 18.0 Å². The number of rotatable bonds is 5. The van der Waals surface area contributed by atoms with Crippen LogP contribution in [0, 0.1) is 0 Å². The Labute approximate surface area is 86.6 Å². The Morgan fingerprint density at radius 3 is 2.77 bits per heavy atom. The quantitative estimate of drug-likeness (QED) is 0.524. The molecule has 0 aromatic heterocycles. The number of hydrogen-bond donors (Lipinski definition) is 0. The van der Waals surface area contributed by atoms with Gasteiger partial charge >= 0.3 is 0 Å². The summed E-state index contributed by atoms with van der Waals surface area (Å²) in [6.45, 7) is 1.47. The van der Waals surface area contributed by atoms with Crippen LogP contribution >= 0.6 is 21.6 Å². The number of Topliss-reactive ketones (excluding diaryl/α,β-unsaturated/α-hetero) is 2. The predicted molar refractivity (Wildman–Crippen MR) is 58.0 cm³/mol. The summed E-state index contributed by atoms with van der Waals surface area (Å²) in [5, 5.41) is 0.640. The zero-order valence-corrected chi connectivity index (χ0v) is 9.38. The Kier molecular flexibility index (Phi) is 4.88. The highest BCUT2D eigenvalue weighted by molar-refractivity contribution is 8.77. The maximum Gasteiger partial charge on any atom is 0.140 e. The molecule has 0 N–H and O–H groups in total. The van der Waals surface area contributed by atoms with Gasteiger partial charge in [-0.05, 0) is 19.8 Å². The van der Waals surface area contributed by atoms with Crippen molar-refractivity contribution in [3.05, 3.63) is 0 Å². The third-order valence-electron chi connectivity index (χ3n) is 1.92. The third kappa shape index (κ3) is 4.72. The smallest absolute Gasteiger partial charge is 0.140 e. The van der Waals surface area contributed by atoms with Gasteiger partial charge in [0.1, 0.15) is 11.6 Å². The maximum absolute atomic E-state index is 11.2. The standard InChI is InChI=1S/C9H14O2S2/c1-7(10)6-8(11)2-3-9-4-5-12-13-9/h9H,2-6H2,1H3. The van der Waals surface area contributed by atoms with Crippen molar-refractivity contribution in [2.45, 2.75) is 37.9 Å². The van der Waals surface area contributed by atoms with Crippen molar-refractivity contribution in [3.63, 3.8) is 0 Å². The average Bonchev–Trinajstić information content (AvgIpc) is 2.51. The Bertz CT molecular complexity index is 198. The molecule has 0 bridgehead atoms. The van der Waals surface area contributed by atoms with E-state index in [1.165, 1.54) is 19.1 Å². The Balaban J connectivity index is 2.10. The molecule has 0 aliphatic carbocycles. The lowest BCUT2D eigenvalue weighted by molar-refractivity contribution is -0.125. The summed E-state index contributed by atoms with van der Waals surface area (Å²) >= 11 is 0. The van der Waals surface area contributed by atoms with Crippen LogP contribution in [0.15, 0.2) is 0 Å². The summed E-state index contributed by atoms with van der Waals surface area (Å²) in [6, 6.07) is 0. The number of hydrogen-bond acceptors (Lipinski definition) is 4. The van der Waals surface area contributed by atoms with E-state index in [9.17, 15) is 9.59 Å². The molecule has 1 atom stereocenters. The van der Waals surface area contributed by atoms with E-state index in [1.54, 1.807) is 0 Å². The minimum atomic E-state index is -0.0153. The van der Waals surface area contributed by atoms with E-state index < -0.39 is 0 Å². The Morgan fingerprint density at radius 2 is 2.23 bits per heavy atom. The molecule has 0 aromatic rings. The van der Waals surface area contributed by atoms with E-state index in [1.807, 2.05) is 21.6 Å². The van der Waals surface area contributed by atoms with Crippen molar-refractivity contribution >= 4 is 33.2 Å². The first-order chi connectivity index (χ1) is 6.18. The van der Waals surface area contributed by atoms with Crippen LogP contribution in [0.25, 0.3) is 0 Å². The van der Waals surface area contributed by atoms with Crippen LogP contribution in [0.3, 0.4) is 0 Å². The van der Waals surface area contributed by atoms with Crippen LogP contribution in [0.4, 0.5) is 0 Å². The summed E-state index contributed by atoms with van der Waals surface area (Å²) in [5.41, 5.74) is 0. The van der Waals surface area contributed by atoms with Gasteiger partial charge in [0.2, 0.25) is 0 Å². The third-order valence-corrected chi connectivity index (χ3v) is 4.93. The van der Waals surface area contributed by atoms with Crippen molar-refractivity contribution in [1.82, 2.24) is 0 Å². The minimum Gasteiger partial charge on any atom is -0.300 e. The highest BCUT2D eigenvalue weighted by Crippen LogP contribution is 2.39. The molecule has 1 saturated heterocycles. The molecule has 0 amide bonds. The van der Waals surface area contributed by atoms with Crippen molar-refractivity contribution in [2.75, 3.05) is 5.75 Å². The van der Waals surface area contributed by atoms with Crippen LogP contribution < -0.4 is 0 Å². The molecule has 1 unspecified atom stereocenters. The van der Waals surface area contributed by atoms with Gasteiger partial charge in [0, 0.05) is 17.4 Å². The van der Waals surface area contributed by atoms with Crippen LogP contribution in [0.2, 0.25) is 0 Å². The van der Waals surface area contributed by atoms with Gasteiger partial charge in [-0.1, -0.05) is 21.6 Å². The van der Waals surface area contributed by atoms with Gasteiger partial charge < -0.3 is 0 Å². The van der Waals surface area contributed by atoms with E-state index in [2.05, 4.69) is 0 Å². The molecule has 1 fully saturated rings. The maximum atomic E-state index is 11.2. The van der Waals surface area contributed by atoms with Gasteiger partial charge in [0.15, 0.2) is 0 Å². The summed E-state index contributed by atoms with van der Waals surface area (Å²) in [5.74, 6) is 1.29. The lowest BCUT2D eigenvalue weighted by Crippen LogP contribution is -2.07. The predicted octanol–water partition coefficient (Wildman–Crippen LogP) is 2.47. The Hall–Kier alpha value is 0.0400. The van der Waals surface area contributed by atoms with Crippen molar-refractivity contribution in [2.24, 2.45) is 0 Å². The molecular weight excluding hydrogens is 204 g/mol. The molecule has 0 radical (unpaired) electrons. The van der Waals surface area contributed by atoms with E-state index in [0.717, 1.165) is 6.42 Å². The van der Waals surface area contributed by atoms with Gasteiger partial charge in [-0.15, -0.1) is 0 Å². The summed E-state index contributed by atoms with van der Waals surface area (Å²) in [7, 11) is 3.77. The zero-order chi connectivity index (χ0) is 9.68. The highest BCUT2D eigenvalue weighted by atomic mass is 33.1. The summed E-state index contributed by atoms with van der Waals surface area (Å²) in [6.07, 6.45) is 2.87. The lowest BCUT2D eigenvalue weighted by atomic mass is 10.1. The molecule has 0 spiro atoms. The van der Waals surface area contributed by atoms with Crippen LogP contribution in [0.1, 0.15) is 32.6 Å². The summed E-state index contributed by atoms with van der Waals surface area (Å²) in [4.78, 5) is 21.8. The van der Waals surface area contributed by atoms with Crippen molar-refractivity contribution in [3.8, 4) is 0 Å². The molecule has 1 aliphatic heterocycles. The fourth-order valence-corrected chi connectivity index (χ4v) is 4.23. The second-order valence-electron chi connectivity index (χ2n) is 3.29. The van der Waals surface area contributed by atoms with Gasteiger partial charge in [-0.25, -0.2) is 0 Å². The van der Waals surface area contributed by atoms with Gasteiger partial charge in [-0.2, -0.15) is 0 Å². The van der Waals surface area contributed by atoms with E-state index in [0.29, 0.717) is 11.7 Å². The molecule has 0 saturated carbocycles. The topological polar surface area (TPSA) is 34.1 Å². The SMILES string of the molecule is CC(=O)CC(=O)CCC1CCSS1. The van der Waals surface area contributed by atoms with Crippen molar-refractivity contribution < 1.29 is 9.59 Å². The fraction of sp³-hybridized carbons (Fsp3) is 0.778. The van der Waals surface area contributed by atoms with E-state index in [4.69, 9.17) is 0 Å². The molecule has 4 heteroatoms. The second kappa shape index (κ2) is 5.70. The molecular formula is C9H14O2S2. The van der Waals surface area contributed by atoms with Crippen LogP contribution in [-0.2, 0) is 9.59 Å². The normalized spacial score (nSPS) is 21.8. The largest absolute Gasteiger partial charge is 0.300 e. The number of carbonyl (C=O) groups is 2. The highest BCUT2D eigenvalue weighted by Gasteiger charge is 2.17. The summed E-state index contributed by atoms with van der Waals surface area (Å²) < 4.78 is 0. The molecule has 1 rings (SSSR count). The molecule has 2 nitrogen and oxygen atoms in total. The van der Waals surface area contributed by atoms with E-state index >= 15 is 0 Å². The average molecular weight is 218 g/mol. The van der Waals surface area contributed by atoms with Crippen molar-refractivity contribution in [1.29, 1.82) is 0 Å². The first-order valence-corrected chi connectivity index (χ1v) is 6.86. The molecule has 1 aliphatic rings. The van der Waals surface area contributed by atoms with Gasteiger partial charge in [0.05, 0.1) is 6.42 Å². The fourth-order valence-electron chi connectivity index (χ4n) is 1.25. The first kappa shape index (κ1) is 11.1. The molecule has 13 heavy (non-hydrogen) atoms. The van der Waals surface area contributed by atoms with Gasteiger partial charge in [0.25, 0.3) is 0 Å². The molecule has 74 valence electrons. The number of carbonyl (C=O) groups excluding carboxylic acids is 2. The molecule has 0 aromatic carbocycles. The number of ketones is 2. The monoisotopic (exact) mass is 218 g/mol.